The van der Waals surface area contributed by atoms with Crippen molar-refractivity contribution in [1.82, 2.24) is 4.98 Å². The number of fused-ring (bicyclic) bond motifs is 1. The number of Topliss-reactive ketones (excluding diaryl/α,β-unsaturated/α-hetero) is 1. The second-order valence-electron chi connectivity index (χ2n) is 4.55. The van der Waals surface area contributed by atoms with Gasteiger partial charge in [0.15, 0.2) is 0 Å². The fourth-order valence-electron chi connectivity index (χ4n) is 1.90. The minimum absolute atomic E-state index is 0.0450. The van der Waals surface area contributed by atoms with E-state index in [-0.39, 0.29) is 12.4 Å². The molecule has 0 atom stereocenters. The van der Waals surface area contributed by atoms with Crippen molar-refractivity contribution in [3.63, 3.8) is 0 Å². The number of para-hydroxylation sites is 1. The highest BCUT2D eigenvalue weighted by Crippen LogP contribution is 2.33. The van der Waals surface area contributed by atoms with E-state index in [9.17, 15) is 18.0 Å². The second-order valence-corrected chi connectivity index (χ2v) is 4.55. The number of unbranched alkanes of at least 4 members (excludes halogenated alkanes) is 1. The lowest BCUT2D eigenvalue weighted by Crippen LogP contribution is -2.24. The highest BCUT2D eigenvalue weighted by atomic mass is 19.4. The molecule has 1 aromatic heterocycles. The molecule has 0 N–H and O–H groups in total. The van der Waals surface area contributed by atoms with E-state index < -0.39 is 17.5 Å². The molecule has 2 aromatic rings. The zero-order chi connectivity index (χ0) is 15.5. The Hall–Kier alpha value is -2.11. The normalized spacial score (nSPS) is 11.6. The second kappa shape index (κ2) is 6.11. The molecule has 1 heterocycles. The number of hydrogen-bond acceptors (Lipinski definition) is 3. The standard InChI is InChI=1S/C15H14F3NO2/c1-2-3-8-21-13-10-6-4-5-7-12(10)19-9-11(13)14(20)15(16,17)18/h4-7,9H,2-3,8H2,1H3. The molecular formula is C15H14F3NO2. The van der Waals surface area contributed by atoms with Gasteiger partial charge in [-0.2, -0.15) is 13.2 Å². The van der Waals surface area contributed by atoms with Crippen LogP contribution in [0.25, 0.3) is 10.9 Å². The van der Waals surface area contributed by atoms with Gasteiger partial charge in [0.25, 0.3) is 5.78 Å². The van der Waals surface area contributed by atoms with E-state index in [1.165, 1.54) is 0 Å². The molecule has 0 aliphatic heterocycles. The van der Waals surface area contributed by atoms with E-state index in [0.29, 0.717) is 17.3 Å². The van der Waals surface area contributed by atoms with Crippen LogP contribution in [-0.2, 0) is 0 Å². The van der Waals surface area contributed by atoms with E-state index in [2.05, 4.69) is 4.98 Å². The van der Waals surface area contributed by atoms with Crippen molar-refractivity contribution in [3.05, 3.63) is 36.0 Å². The third kappa shape index (κ3) is 3.32. The first kappa shape index (κ1) is 15.3. The van der Waals surface area contributed by atoms with Crippen molar-refractivity contribution in [2.45, 2.75) is 25.9 Å². The summed E-state index contributed by atoms with van der Waals surface area (Å²) in [5.41, 5.74) is -0.0555. The van der Waals surface area contributed by atoms with Crippen molar-refractivity contribution in [1.29, 1.82) is 0 Å². The summed E-state index contributed by atoms with van der Waals surface area (Å²) in [4.78, 5) is 15.4. The van der Waals surface area contributed by atoms with Gasteiger partial charge in [0.2, 0.25) is 0 Å². The minimum Gasteiger partial charge on any atom is -0.492 e. The topological polar surface area (TPSA) is 39.2 Å². The van der Waals surface area contributed by atoms with Crippen LogP contribution in [0.5, 0.6) is 5.75 Å². The predicted molar refractivity (Wildman–Crippen MR) is 72.5 cm³/mol. The predicted octanol–water partition coefficient (Wildman–Crippen LogP) is 4.16. The van der Waals surface area contributed by atoms with Gasteiger partial charge >= 0.3 is 6.18 Å². The zero-order valence-corrected chi connectivity index (χ0v) is 11.4. The van der Waals surface area contributed by atoms with Crippen LogP contribution >= 0.6 is 0 Å². The fourth-order valence-corrected chi connectivity index (χ4v) is 1.90. The summed E-state index contributed by atoms with van der Waals surface area (Å²) in [6, 6.07) is 6.63. The summed E-state index contributed by atoms with van der Waals surface area (Å²) in [5.74, 6) is -1.98. The maximum atomic E-state index is 12.7. The van der Waals surface area contributed by atoms with Crippen LogP contribution in [0.2, 0.25) is 0 Å². The van der Waals surface area contributed by atoms with Gasteiger partial charge in [-0.15, -0.1) is 0 Å². The molecule has 0 unspecified atom stereocenters. The lowest BCUT2D eigenvalue weighted by molar-refractivity contribution is -0.0886. The van der Waals surface area contributed by atoms with Crippen molar-refractivity contribution in [2.75, 3.05) is 6.61 Å². The number of aromatic nitrogens is 1. The number of nitrogens with zero attached hydrogens (tertiary/aromatic N) is 1. The first-order valence-electron chi connectivity index (χ1n) is 6.57. The van der Waals surface area contributed by atoms with Crippen molar-refractivity contribution < 1.29 is 22.7 Å². The Labute approximate surface area is 119 Å². The molecule has 0 saturated carbocycles. The Morgan fingerprint density at radius 3 is 2.67 bits per heavy atom. The Balaban J connectivity index is 2.53. The van der Waals surface area contributed by atoms with Gasteiger partial charge in [0, 0.05) is 11.6 Å². The summed E-state index contributed by atoms with van der Waals surface area (Å²) >= 11 is 0. The van der Waals surface area contributed by atoms with E-state index >= 15 is 0 Å². The molecule has 6 heteroatoms. The molecule has 0 spiro atoms. The van der Waals surface area contributed by atoms with Gasteiger partial charge in [-0.25, -0.2) is 0 Å². The Kier molecular flexibility index (Phi) is 4.45. The van der Waals surface area contributed by atoms with Crippen LogP contribution in [-0.4, -0.2) is 23.6 Å². The van der Waals surface area contributed by atoms with Crippen LogP contribution in [0.15, 0.2) is 30.5 Å². The van der Waals surface area contributed by atoms with Gasteiger partial charge in [-0.3, -0.25) is 9.78 Å². The molecule has 21 heavy (non-hydrogen) atoms. The van der Waals surface area contributed by atoms with Gasteiger partial charge in [-0.05, 0) is 18.6 Å². The Morgan fingerprint density at radius 2 is 2.00 bits per heavy atom. The minimum atomic E-state index is -4.95. The number of pyridine rings is 1. The van der Waals surface area contributed by atoms with E-state index in [4.69, 9.17) is 4.74 Å². The van der Waals surface area contributed by atoms with Gasteiger partial charge in [0.05, 0.1) is 17.7 Å². The molecule has 0 radical (unpaired) electrons. The third-order valence-electron chi connectivity index (χ3n) is 2.97. The summed E-state index contributed by atoms with van der Waals surface area (Å²) in [5, 5.41) is 0.406. The summed E-state index contributed by atoms with van der Waals surface area (Å²) in [7, 11) is 0. The smallest absolute Gasteiger partial charge is 0.455 e. The first-order valence-corrected chi connectivity index (χ1v) is 6.57. The molecule has 112 valence electrons. The average molecular weight is 297 g/mol. The molecule has 0 bridgehead atoms. The number of hydrogen-bond donors (Lipinski definition) is 0. The number of ether oxygens (including phenoxy) is 1. The van der Waals surface area contributed by atoms with Crippen LogP contribution in [0.4, 0.5) is 13.2 Å². The summed E-state index contributed by atoms with van der Waals surface area (Å²) in [6.45, 7) is 2.19. The average Bonchev–Trinajstić information content (AvgIpc) is 2.46. The van der Waals surface area contributed by atoms with E-state index in [1.807, 2.05) is 6.92 Å². The van der Waals surface area contributed by atoms with Gasteiger partial charge in [0.1, 0.15) is 5.75 Å². The molecule has 0 fully saturated rings. The largest absolute Gasteiger partial charge is 0.492 e. The highest BCUT2D eigenvalue weighted by molar-refractivity contribution is 6.06. The lowest BCUT2D eigenvalue weighted by Gasteiger charge is -2.14. The quantitative estimate of drug-likeness (QED) is 0.614. The molecular weight excluding hydrogens is 283 g/mol. The fraction of sp³-hybridized carbons (Fsp3) is 0.333. The van der Waals surface area contributed by atoms with Crippen molar-refractivity contribution >= 4 is 16.7 Å². The van der Waals surface area contributed by atoms with Crippen molar-refractivity contribution in [2.24, 2.45) is 0 Å². The Morgan fingerprint density at radius 1 is 1.29 bits per heavy atom. The van der Waals surface area contributed by atoms with Crippen molar-refractivity contribution in [3.8, 4) is 5.75 Å². The molecule has 0 aliphatic rings. The van der Waals surface area contributed by atoms with E-state index in [1.54, 1.807) is 24.3 Å². The maximum absolute atomic E-state index is 12.7. The molecule has 1 aromatic carbocycles. The number of alkyl halides is 3. The van der Waals surface area contributed by atoms with Gasteiger partial charge < -0.3 is 4.74 Å². The number of rotatable bonds is 5. The van der Waals surface area contributed by atoms with Crippen LogP contribution < -0.4 is 4.74 Å². The number of carbonyl (C=O) groups is 1. The van der Waals surface area contributed by atoms with Crippen LogP contribution in [0.3, 0.4) is 0 Å². The third-order valence-corrected chi connectivity index (χ3v) is 2.97. The number of ketones is 1. The molecule has 0 aliphatic carbocycles. The molecule has 2 rings (SSSR count). The van der Waals surface area contributed by atoms with E-state index in [0.717, 1.165) is 12.6 Å². The Bertz CT molecular complexity index is 653. The number of carbonyl (C=O) groups excluding carboxylic acids is 1. The molecule has 3 nitrogen and oxygen atoms in total. The maximum Gasteiger partial charge on any atom is 0.455 e. The van der Waals surface area contributed by atoms with Crippen LogP contribution in [0, 0.1) is 0 Å². The number of halogens is 3. The first-order chi connectivity index (χ1) is 9.95. The zero-order valence-electron chi connectivity index (χ0n) is 11.4. The monoisotopic (exact) mass is 297 g/mol. The summed E-state index contributed by atoms with van der Waals surface area (Å²) in [6.07, 6.45) is -2.49. The van der Waals surface area contributed by atoms with Crippen LogP contribution in [0.1, 0.15) is 30.1 Å². The SMILES string of the molecule is CCCCOc1c(C(=O)C(F)(F)F)cnc2ccccc12. The lowest BCUT2D eigenvalue weighted by atomic mass is 10.1. The molecule has 0 amide bonds. The summed E-state index contributed by atoms with van der Waals surface area (Å²) < 4.78 is 43.5. The molecule has 0 saturated heterocycles. The number of benzene rings is 1. The highest BCUT2D eigenvalue weighted by Gasteiger charge is 2.41. The van der Waals surface area contributed by atoms with Gasteiger partial charge in [-0.1, -0.05) is 25.5 Å².